The third kappa shape index (κ3) is 2.79. The minimum Gasteiger partial charge on any atom is -0.316 e. The number of aromatic nitrogens is 1. The molecule has 1 atom stereocenters. The van der Waals surface area contributed by atoms with E-state index in [0.29, 0.717) is 0 Å². The largest absolute Gasteiger partial charge is 0.316 e. The van der Waals surface area contributed by atoms with Gasteiger partial charge in [0.05, 0.1) is 5.69 Å². The molecule has 3 nitrogen and oxygen atoms in total. The van der Waals surface area contributed by atoms with Gasteiger partial charge >= 0.3 is 0 Å². The standard InChI is InChI=1S/C11H17N3/c1-2-5-14-11(3-1)9-13-8-10-4-6-12-7-10/h1-3,5,10,12-13H,4,6-9H2/t10-/m0/s1. The van der Waals surface area contributed by atoms with Crippen molar-refractivity contribution in [3.05, 3.63) is 30.1 Å². The first-order chi connectivity index (χ1) is 6.95. The van der Waals surface area contributed by atoms with Gasteiger partial charge in [0.15, 0.2) is 0 Å². The van der Waals surface area contributed by atoms with E-state index in [4.69, 9.17) is 0 Å². The first kappa shape index (κ1) is 9.62. The van der Waals surface area contributed by atoms with E-state index in [1.807, 2.05) is 18.3 Å². The van der Waals surface area contributed by atoms with Crippen LogP contribution in [0, 0.1) is 5.92 Å². The molecule has 1 aromatic heterocycles. The Bertz CT molecular complexity index is 254. The Labute approximate surface area is 84.9 Å². The van der Waals surface area contributed by atoms with E-state index in [0.717, 1.165) is 31.2 Å². The van der Waals surface area contributed by atoms with Crippen molar-refractivity contribution in [2.45, 2.75) is 13.0 Å². The zero-order valence-corrected chi connectivity index (χ0v) is 8.37. The van der Waals surface area contributed by atoms with Crippen molar-refractivity contribution in [3.63, 3.8) is 0 Å². The summed E-state index contributed by atoms with van der Waals surface area (Å²) in [5.41, 5.74) is 1.12. The number of pyridine rings is 1. The second-order valence-electron chi connectivity index (χ2n) is 3.81. The van der Waals surface area contributed by atoms with Crippen LogP contribution in [-0.2, 0) is 6.54 Å². The Kier molecular flexibility index (Phi) is 3.49. The molecular formula is C11H17N3. The summed E-state index contributed by atoms with van der Waals surface area (Å²) >= 11 is 0. The molecule has 0 aromatic carbocycles. The van der Waals surface area contributed by atoms with Crippen LogP contribution in [0.3, 0.4) is 0 Å². The van der Waals surface area contributed by atoms with Gasteiger partial charge in [-0.3, -0.25) is 4.98 Å². The van der Waals surface area contributed by atoms with Gasteiger partial charge in [0, 0.05) is 12.7 Å². The quantitative estimate of drug-likeness (QED) is 0.738. The fourth-order valence-electron chi connectivity index (χ4n) is 1.80. The molecule has 0 spiro atoms. The Balaban J connectivity index is 1.67. The highest BCUT2D eigenvalue weighted by Gasteiger charge is 2.13. The molecule has 0 aliphatic carbocycles. The van der Waals surface area contributed by atoms with Crippen molar-refractivity contribution < 1.29 is 0 Å². The Morgan fingerprint density at radius 3 is 3.21 bits per heavy atom. The van der Waals surface area contributed by atoms with Gasteiger partial charge in [-0.2, -0.15) is 0 Å². The van der Waals surface area contributed by atoms with Crippen LogP contribution in [-0.4, -0.2) is 24.6 Å². The summed E-state index contributed by atoms with van der Waals surface area (Å²) in [5.74, 6) is 0.804. The lowest BCUT2D eigenvalue weighted by atomic mass is 10.1. The van der Waals surface area contributed by atoms with E-state index >= 15 is 0 Å². The fourth-order valence-corrected chi connectivity index (χ4v) is 1.80. The van der Waals surface area contributed by atoms with Gasteiger partial charge in [-0.15, -0.1) is 0 Å². The summed E-state index contributed by atoms with van der Waals surface area (Å²) in [7, 11) is 0. The lowest BCUT2D eigenvalue weighted by Crippen LogP contribution is -2.24. The molecule has 0 bridgehead atoms. The van der Waals surface area contributed by atoms with Crippen LogP contribution in [0.2, 0.25) is 0 Å². The Hall–Kier alpha value is -0.930. The highest BCUT2D eigenvalue weighted by molar-refractivity contribution is 5.02. The molecule has 0 saturated carbocycles. The number of rotatable bonds is 4. The molecule has 1 saturated heterocycles. The summed E-state index contributed by atoms with van der Waals surface area (Å²) in [6, 6.07) is 6.03. The maximum atomic E-state index is 4.26. The molecule has 0 unspecified atom stereocenters. The van der Waals surface area contributed by atoms with Crippen LogP contribution in [0.5, 0.6) is 0 Å². The smallest absolute Gasteiger partial charge is 0.0541 e. The van der Waals surface area contributed by atoms with Crippen LogP contribution in [0.25, 0.3) is 0 Å². The van der Waals surface area contributed by atoms with E-state index in [1.165, 1.54) is 13.0 Å². The molecule has 2 N–H and O–H groups in total. The molecule has 2 rings (SSSR count). The summed E-state index contributed by atoms with van der Waals surface area (Å²) < 4.78 is 0. The lowest BCUT2D eigenvalue weighted by molar-refractivity contribution is 0.510. The van der Waals surface area contributed by atoms with Crippen LogP contribution in [0.4, 0.5) is 0 Å². The third-order valence-corrected chi connectivity index (χ3v) is 2.63. The van der Waals surface area contributed by atoms with Crippen LogP contribution >= 0.6 is 0 Å². The molecule has 1 aliphatic heterocycles. The summed E-state index contributed by atoms with van der Waals surface area (Å²) in [4.78, 5) is 4.26. The van der Waals surface area contributed by atoms with E-state index in [9.17, 15) is 0 Å². The van der Waals surface area contributed by atoms with Crippen LogP contribution in [0.1, 0.15) is 12.1 Å². The number of hydrogen-bond donors (Lipinski definition) is 2. The van der Waals surface area contributed by atoms with Gasteiger partial charge in [0.25, 0.3) is 0 Å². The second-order valence-corrected chi connectivity index (χ2v) is 3.81. The Morgan fingerprint density at radius 2 is 2.50 bits per heavy atom. The van der Waals surface area contributed by atoms with Crippen molar-refractivity contribution >= 4 is 0 Å². The number of hydrogen-bond acceptors (Lipinski definition) is 3. The van der Waals surface area contributed by atoms with Gasteiger partial charge in [-0.1, -0.05) is 6.07 Å². The molecule has 1 fully saturated rings. The zero-order valence-electron chi connectivity index (χ0n) is 8.37. The average Bonchev–Trinajstić information content (AvgIpc) is 2.72. The van der Waals surface area contributed by atoms with E-state index in [-0.39, 0.29) is 0 Å². The minimum absolute atomic E-state index is 0.804. The molecule has 14 heavy (non-hydrogen) atoms. The molecular weight excluding hydrogens is 174 g/mol. The van der Waals surface area contributed by atoms with Crippen molar-refractivity contribution in [1.82, 2.24) is 15.6 Å². The molecule has 1 aliphatic rings. The van der Waals surface area contributed by atoms with Crippen LogP contribution < -0.4 is 10.6 Å². The minimum atomic E-state index is 0.804. The molecule has 0 radical (unpaired) electrons. The van der Waals surface area contributed by atoms with E-state index < -0.39 is 0 Å². The molecule has 0 amide bonds. The summed E-state index contributed by atoms with van der Waals surface area (Å²) in [5, 5.41) is 6.81. The maximum Gasteiger partial charge on any atom is 0.0541 e. The van der Waals surface area contributed by atoms with Crippen molar-refractivity contribution in [3.8, 4) is 0 Å². The molecule has 1 aromatic rings. The lowest BCUT2D eigenvalue weighted by Gasteiger charge is -2.09. The van der Waals surface area contributed by atoms with E-state index in [2.05, 4.69) is 21.7 Å². The SMILES string of the molecule is c1ccc(CNC[C@H]2CCNC2)nc1. The highest BCUT2D eigenvalue weighted by Crippen LogP contribution is 2.05. The van der Waals surface area contributed by atoms with Crippen molar-refractivity contribution in [2.75, 3.05) is 19.6 Å². The topological polar surface area (TPSA) is 37.0 Å². The fraction of sp³-hybridized carbons (Fsp3) is 0.545. The maximum absolute atomic E-state index is 4.26. The van der Waals surface area contributed by atoms with Crippen molar-refractivity contribution in [1.29, 1.82) is 0 Å². The number of nitrogens with zero attached hydrogens (tertiary/aromatic N) is 1. The first-order valence-corrected chi connectivity index (χ1v) is 5.26. The first-order valence-electron chi connectivity index (χ1n) is 5.26. The Morgan fingerprint density at radius 1 is 1.50 bits per heavy atom. The van der Waals surface area contributed by atoms with Gasteiger partial charge in [0.2, 0.25) is 0 Å². The van der Waals surface area contributed by atoms with Gasteiger partial charge < -0.3 is 10.6 Å². The van der Waals surface area contributed by atoms with E-state index in [1.54, 1.807) is 0 Å². The van der Waals surface area contributed by atoms with Gasteiger partial charge in [-0.05, 0) is 44.1 Å². The zero-order chi connectivity index (χ0) is 9.64. The summed E-state index contributed by atoms with van der Waals surface area (Å²) in [6.45, 7) is 4.33. The highest BCUT2D eigenvalue weighted by atomic mass is 14.9. The predicted molar refractivity (Wildman–Crippen MR) is 56.9 cm³/mol. The van der Waals surface area contributed by atoms with Crippen molar-refractivity contribution in [2.24, 2.45) is 5.92 Å². The normalized spacial score (nSPS) is 21.3. The summed E-state index contributed by atoms with van der Waals surface area (Å²) in [6.07, 6.45) is 3.14. The van der Waals surface area contributed by atoms with Gasteiger partial charge in [0.1, 0.15) is 0 Å². The number of nitrogens with one attached hydrogen (secondary N) is 2. The molecule has 76 valence electrons. The predicted octanol–water partition coefficient (Wildman–Crippen LogP) is 0.781. The van der Waals surface area contributed by atoms with Gasteiger partial charge in [-0.25, -0.2) is 0 Å². The molecule has 2 heterocycles. The second kappa shape index (κ2) is 5.08. The van der Waals surface area contributed by atoms with Crippen LogP contribution in [0.15, 0.2) is 24.4 Å². The third-order valence-electron chi connectivity index (χ3n) is 2.63. The monoisotopic (exact) mass is 191 g/mol. The average molecular weight is 191 g/mol. The molecule has 3 heteroatoms.